The van der Waals surface area contributed by atoms with Gasteiger partial charge >= 0.3 is 0 Å². The highest BCUT2D eigenvalue weighted by Crippen LogP contribution is 2.70. The fourth-order valence-corrected chi connectivity index (χ4v) is 9.59. The maximum Gasteiger partial charge on any atom is 0.276 e. The molecule has 3 amide bonds. The number of hydrogen-bond acceptors (Lipinski definition) is 6. The van der Waals surface area contributed by atoms with Gasteiger partial charge in [0.1, 0.15) is 0 Å². The van der Waals surface area contributed by atoms with Gasteiger partial charge in [0, 0.05) is 71.8 Å². The van der Waals surface area contributed by atoms with Gasteiger partial charge < -0.3 is 15.5 Å². The van der Waals surface area contributed by atoms with Crippen LogP contribution in [0.4, 0.5) is 14.5 Å². The summed E-state index contributed by atoms with van der Waals surface area (Å²) in [5.74, 6) is -3.33. The van der Waals surface area contributed by atoms with Gasteiger partial charge in [0.05, 0.1) is 35.6 Å². The summed E-state index contributed by atoms with van der Waals surface area (Å²) in [5, 5.41) is 23.0. The minimum absolute atomic E-state index is 0.00928. The van der Waals surface area contributed by atoms with E-state index in [2.05, 4.69) is 49.3 Å². The number of fused-ring (bicyclic) bond motifs is 3. The van der Waals surface area contributed by atoms with Crippen LogP contribution in [0.2, 0.25) is 0 Å². The Hall–Kier alpha value is -4.88. The average Bonchev–Trinajstić information content (AvgIpc) is 3.74. The van der Waals surface area contributed by atoms with Crippen molar-refractivity contribution in [2.45, 2.75) is 95.6 Å². The molecule has 9 rings (SSSR count). The molecule has 3 aromatic heterocycles. The number of hydrogen-bond donors (Lipinski definition) is 3. The van der Waals surface area contributed by atoms with Crippen LogP contribution in [0.3, 0.4) is 0 Å². The Balaban J connectivity index is 0.741. The minimum atomic E-state index is -2.72. The number of carbonyl (C=O) groups is 3. The Morgan fingerprint density at radius 2 is 1.85 bits per heavy atom. The summed E-state index contributed by atoms with van der Waals surface area (Å²) in [4.78, 5) is 41.2. The van der Waals surface area contributed by atoms with E-state index >= 15 is 0 Å². The molecule has 0 spiro atoms. The van der Waals surface area contributed by atoms with Crippen LogP contribution in [0.1, 0.15) is 97.6 Å². The zero-order chi connectivity index (χ0) is 36.6. The molecule has 2 saturated carbocycles. The Bertz CT molecular complexity index is 2120. The highest BCUT2D eigenvalue weighted by molar-refractivity contribution is 6.04. The highest BCUT2D eigenvalue weighted by atomic mass is 19.3. The van der Waals surface area contributed by atoms with Crippen LogP contribution < -0.4 is 10.6 Å². The molecule has 3 aliphatic carbocycles. The first kappa shape index (κ1) is 33.9. The van der Waals surface area contributed by atoms with Crippen molar-refractivity contribution in [3.8, 4) is 0 Å². The third-order valence-corrected chi connectivity index (χ3v) is 13.1. The topological polar surface area (TPSA) is 143 Å². The Morgan fingerprint density at radius 3 is 2.62 bits per heavy atom. The van der Waals surface area contributed by atoms with E-state index in [9.17, 15) is 23.2 Å². The van der Waals surface area contributed by atoms with Crippen molar-refractivity contribution in [3.63, 3.8) is 0 Å². The fourth-order valence-electron chi connectivity index (χ4n) is 9.59. The highest BCUT2D eigenvalue weighted by Gasteiger charge is 2.78. The first-order valence-corrected chi connectivity index (χ1v) is 19.0. The normalized spacial score (nSPS) is 28.3. The molecule has 53 heavy (non-hydrogen) atoms. The molecule has 2 saturated heterocycles. The van der Waals surface area contributed by atoms with Crippen molar-refractivity contribution < 1.29 is 23.2 Å². The molecular weight excluding hydrogens is 680 g/mol. The number of carbonyl (C=O) groups excluding carboxylic acids is 3. The van der Waals surface area contributed by atoms with Crippen molar-refractivity contribution in [2.75, 3.05) is 18.4 Å². The van der Waals surface area contributed by atoms with E-state index in [1.807, 2.05) is 21.8 Å². The molecule has 0 radical (unpaired) electrons. The lowest BCUT2D eigenvalue weighted by molar-refractivity contribution is -0.138. The summed E-state index contributed by atoms with van der Waals surface area (Å²) >= 11 is 0. The van der Waals surface area contributed by atoms with Gasteiger partial charge in [-0.3, -0.25) is 28.8 Å². The number of rotatable bonds is 7. The molecule has 1 unspecified atom stereocenters. The Kier molecular flexibility index (Phi) is 8.08. The second kappa shape index (κ2) is 12.6. The molecule has 1 aromatic carbocycles. The van der Waals surface area contributed by atoms with E-state index in [4.69, 9.17) is 5.10 Å². The van der Waals surface area contributed by atoms with Crippen LogP contribution in [0, 0.1) is 23.2 Å². The van der Waals surface area contributed by atoms with E-state index in [0.717, 1.165) is 80.1 Å². The number of anilines is 1. The fraction of sp³-hybridized carbons (Fsp3) is 0.538. The van der Waals surface area contributed by atoms with Crippen molar-refractivity contribution >= 4 is 34.3 Å². The molecule has 0 bridgehead atoms. The van der Waals surface area contributed by atoms with Gasteiger partial charge in [-0.05, 0) is 81.4 Å². The van der Waals surface area contributed by atoms with Crippen LogP contribution in [-0.4, -0.2) is 71.4 Å². The van der Waals surface area contributed by atoms with Crippen LogP contribution in [0.5, 0.6) is 0 Å². The van der Waals surface area contributed by atoms with Crippen LogP contribution in [-0.2, 0) is 29.0 Å². The summed E-state index contributed by atoms with van der Waals surface area (Å²) in [6.45, 7) is 7.62. The largest absolute Gasteiger partial charge is 0.342 e. The number of piperidine rings is 2. The number of aromatic nitrogens is 6. The van der Waals surface area contributed by atoms with E-state index in [1.165, 1.54) is 0 Å². The second-order valence-electron chi connectivity index (χ2n) is 16.3. The molecule has 2 aliphatic heterocycles. The Morgan fingerprint density at radius 1 is 1.06 bits per heavy atom. The maximum atomic E-state index is 14.3. The molecule has 5 aliphatic rings. The van der Waals surface area contributed by atoms with Crippen LogP contribution in [0.15, 0.2) is 49.1 Å². The summed E-state index contributed by atoms with van der Waals surface area (Å²) in [5.41, 5.74) is 3.70. The molecule has 278 valence electrons. The average molecular weight is 726 g/mol. The van der Waals surface area contributed by atoms with E-state index in [0.29, 0.717) is 36.0 Å². The molecule has 5 heterocycles. The number of halogens is 2. The van der Waals surface area contributed by atoms with Crippen molar-refractivity contribution in [1.82, 2.24) is 40.0 Å². The van der Waals surface area contributed by atoms with E-state index in [-0.39, 0.29) is 48.2 Å². The molecule has 3 N–H and O–H groups in total. The number of nitrogens with one attached hydrogen (secondary N) is 3. The number of alkyl halides is 2. The molecule has 4 aromatic rings. The van der Waals surface area contributed by atoms with Gasteiger partial charge in [-0.15, -0.1) is 0 Å². The van der Waals surface area contributed by atoms with Crippen molar-refractivity contribution in [3.05, 3.63) is 71.6 Å². The summed E-state index contributed by atoms with van der Waals surface area (Å²) < 4.78 is 32.6. The first-order valence-electron chi connectivity index (χ1n) is 19.0. The number of benzene rings is 1. The summed E-state index contributed by atoms with van der Waals surface area (Å²) in [6.07, 6.45) is 12.4. The lowest BCUT2D eigenvalue weighted by Gasteiger charge is -2.36. The number of likely N-dealkylation sites (tertiary alicyclic amines) is 1. The smallest absolute Gasteiger partial charge is 0.276 e. The number of nitrogens with zero attached hydrogens (tertiary/aromatic N) is 6. The van der Waals surface area contributed by atoms with Gasteiger partial charge in [0.15, 0.2) is 5.69 Å². The summed E-state index contributed by atoms with van der Waals surface area (Å²) in [7, 11) is 0. The molecule has 14 heteroatoms. The zero-order valence-electron chi connectivity index (χ0n) is 29.9. The summed E-state index contributed by atoms with van der Waals surface area (Å²) in [6, 6.07) is 6.32. The first-order chi connectivity index (χ1) is 25.5. The number of H-pyrrole nitrogens is 1. The lowest BCUT2D eigenvalue weighted by atomic mass is 9.81. The third-order valence-electron chi connectivity index (χ3n) is 13.1. The molecule has 12 nitrogen and oxygen atoms in total. The van der Waals surface area contributed by atoms with Gasteiger partial charge in [0.2, 0.25) is 11.8 Å². The molecular formula is C39H45F2N9O3. The van der Waals surface area contributed by atoms with Gasteiger partial charge in [-0.25, -0.2) is 8.78 Å². The minimum Gasteiger partial charge on any atom is -0.342 e. The Labute approximate surface area is 305 Å². The maximum absolute atomic E-state index is 14.3. The standard InChI is InChI=1S/C39H45F2N9O3/c1-22-3-9-29(35(51)44-22)25-8-10-32-26(15-25)18-42-50(32)20-23-4-6-24(7-5-23)37(53)48-13-11-28(12-14-48)49-21-27(19-43-49)45-36(52)34-30-16-33-38(2,39(33,40)41)17-31(30)46-47-34/h8,10,15,18-19,21,23-24,28-29,33H,1,3-7,9,11-14,16-17,20H2,2H3,(H,44,51)(H,45,52)(H,46,47)/t23-,24-,29?,33-,38+/m0/s1. The number of allylic oxidation sites excluding steroid dienone is 1. The van der Waals surface area contributed by atoms with Crippen molar-refractivity contribution in [1.29, 1.82) is 0 Å². The molecule has 3 atom stereocenters. The number of aromatic amines is 1. The monoisotopic (exact) mass is 725 g/mol. The SMILES string of the molecule is C=C1CCC(c2ccc3c(cnn3C[C@H]3CC[C@H](C(=O)N4CCC(n5cc(NC(=O)c6n[nH]c7c6C[C@@H]6C(F)(F)[C@]6(C)C7)cn5)CC4)CC3)c2)C(=O)N1. The van der Waals surface area contributed by atoms with E-state index < -0.39 is 23.2 Å². The molecule has 4 fully saturated rings. The second-order valence-corrected chi connectivity index (χ2v) is 16.3. The number of amides is 3. The zero-order valence-corrected chi connectivity index (χ0v) is 29.9. The van der Waals surface area contributed by atoms with E-state index in [1.54, 1.807) is 19.3 Å². The van der Waals surface area contributed by atoms with Crippen LogP contribution in [0.25, 0.3) is 10.9 Å². The third kappa shape index (κ3) is 5.84. The lowest BCUT2D eigenvalue weighted by Crippen LogP contribution is -2.43. The van der Waals surface area contributed by atoms with Gasteiger partial charge in [0.25, 0.3) is 11.8 Å². The quantitative estimate of drug-likeness (QED) is 0.221. The predicted octanol–water partition coefficient (Wildman–Crippen LogP) is 5.76. The van der Waals surface area contributed by atoms with Crippen molar-refractivity contribution in [2.24, 2.45) is 23.2 Å². The van der Waals surface area contributed by atoms with Crippen LogP contribution >= 0.6 is 0 Å². The predicted molar refractivity (Wildman–Crippen MR) is 192 cm³/mol. The van der Waals surface area contributed by atoms with Gasteiger partial charge in [-0.1, -0.05) is 19.6 Å². The van der Waals surface area contributed by atoms with Gasteiger partial charge in [-0.2, -0.15) is 15.3 Å².